The van der Waals surface area contributed by atoms with Crippen LogP contribution < -0.4 is 4.72 Å². The molecule has 1 aromatic carbocycles. The van der Waals surface area contributed by atoms with Crippen LogP contribution in [0.4, 0.5) is 13.2 Å². The summed E-state index contributed by atoms with van der Waals surface area (Å²) in [6.07, 6.45) is -4.79. The van der Waals surface area contributed by atoms with Gasteiger partial charge in [0.05, 0.1) is 12.2 Å². The fourth-order valence-corrected chi connectivity index (χ4v) is 4.02. The van der Waals surface area contributed by atoms with Crippen molar-refractivity contribution in [2.75, 3.05) is 19.7 Å². The summed E-state index contributed by atoms with van der Waals surface area (Å²) in [5.74, 6) is 0. The normalized spacial score (nSPS) is 20.8. The lowest BCUT2D eigenvalue weighted by Crippen LogP contribution is -2.55. The lowest BCUT2D eigenvalue weighted by Gasteiger charge is -2.38. The number of rotatable bonds is 4. The van der Waals surface area contributed by atoms with E-state index in [4.69, 9.17) is 16.3 Å². The average Bonchev–Trinajstić information content (AvgIpc) is 2.44. The second-order valence-electron chi connectivity index (χ2n) is 6.09. The molecule has 24 heavy (non-hydrogen) atoms. The number of halogens is 4. The topological polar surface area (TPSA) is 58.6 Å². The molecule has 1 aromatic rings. The minimum atomic E-state index is -4.79. The molecule has 0 spiro atoms. The zero-order valence-corrected chi connectivity index (χ0v) is 14.7. The maximum Gasteiger partial charge on any atom is 0.408 e. The number of hydrogen-bond donors (Lipinski definition) is 1. The second kappa shape index (κ2) is 6.80. The highest BCUT2D eigenvalue weighted by Crippen LogP contribution is 2.34. The highest BCUT2D eigenvalue weighted by molar-refractivity contribution is 7.87. The number of hydrogen-bond acceptors (Lipinski definition) is 3. The quantitative estimate of drug-likeness (QED) is 0.865. The van der Waals surface area contributed by atoms with Gasteiger partial charge in [-0.2, -0.15) is 30.6 Å². The zero-order chi connectivity index (χ0) is 18.2. The Bertz CT molecular complexity index is 678. The summed E-state index contributed by atoms with van der Waals surface area (Å²) in [6.45, 7) is 3.42. The van der Waals surface area contributed by atoms with E-state index in [-0.39, 0.29) is 30.3 Å². The van der Waals surface area contributed by atoms with Crippen LogP contribution in [0.25, 0.3) is 0 Å². The SMILES string of the molecule is CC1(C)CN(S(=O)(=O)NC(c2ccc(Cl)cc2)C(F)(F)F)CCO1. The summed E-state index contributed by atoms with van der Waals surface area (Å²) in [7, 11) is -4.34. The van der Waals surface area contributed by atoms with Gasteiger partial charge in [0, 0.05) is 18.1 Å². The fraction of sp³-hybridized carbons (Fsp3) is 0.571. The van der Waals surface area contributed by atoms with Crippen LogP contribution in [0.5, 0.6) is 0 Å². The maximum absolute atomic E-state index is 13.4. The Morgan fingerprint density at radius 3 is 2.38 bits per heavy atom. The van der Waals surface area contributed by atoms with E-state index in [0.29, 0.717) is 0 Å². The van der Waals surface area contributed by atoms with Crippen molar-refractivity contribution in [2.24, 2.45) is 0 Å². The highest BCUT2D eigenvalue weighted by Gasteiger charge is 2.45. The first kappa shape index (κ1) is 19.5. The smallest absolute Gasteiger partial charge is 0.373 e. The molecule has 0 aliphatic carbocycles. The van der Waals surface area contributed by atoms with Gasteiger partial charge in [0.1, 0.15) is 6.04 Å². The second-order valence-corrected chi connectivity index (χ2v) is 8.23. The summed E-state index contributed by atoms with van der Waals surface area (Å²) in [4.78, 5) is 0. The van der Waals surface area contributed by atoms with Crippen LogP contribution in [-0.2, 0) is 14.9 Å². The minimum Gasteiger partial charge on any atom is -0.373 e. The number of nitrogens with zero attached hydrogens (tertiary/aromatic N) is 1. The Morgan fingerprint density at radius 2 is 1.88 bits per heavy atom. The number of nitrogens with one attached hydrogen (secondary N) is 1. The van der Waals surface area contributed by atoms with Crippen molar-refractivity contribution in [3.63, 3.8) is 0 Å². The molecule has 0 bridgehead atoms. The summed E-state index contributed by atoms with van der Waals surface area (Å²) in [5.41, 5.74) is -0.996. The first-order valence-electron chi connectivity index (χ1n) is 7.14. The first-order chi connectivity index (χ1) is 10.9. The summed E-state index contributed by atoms with van der Waals surface area (Å²) in [6, 6.07) is 2.49. The van der Waals surface area contributed by atoms with Crippen molar-refractivity contribution in [3.8, 4) is 0 Å². The van der Waals surface area contributed by atoms with E-state index in [1.165, 1.54) is 12.1 Å². The van der Waals surface area contributed by atoms with Crippen LogP contribution in [0.15, 0.2) is 24.3 Å². The van der Waals surface area contributed by atoms with Gasteiger partial charge in [0.25, 0.3) is 10.2 Å². The van der Waals surface area contributed by atoms with E-state index in [1.807, 2.05) is 0 Å². The largest absolute Gasteiger partial charge is 0.408 e. The van der Waals surface area contributed by atoms with Crippen molar-refractivity contribution in [1.82, 2.24) is 9.03 Å². The van der Waals surface area contributed by atoms with Crippen LogP contribution in [0.3, 0.4) is 0 Å². The van der Waals surface area contributed by atoms with Crippen molar-refractivity contribution >= 4 is 21.8 Å². The van der Waals surface area contributed by atoms with Crippen LogP contribution >= 0.6 is 11.6 Å². The standard InChI is InChI=1S/C14H18ClF3N2O3S/c1-13(2)9-20(7-8-23-13)24(21,22)19-12(14(16,17)18)10-3-5-11(15)6-4-10/h3-6,12,19H,7-9H2,1-2H3. The fourth-order valence-electron chi connectivity index (χ4n) is 2.38. The lowest BCUT2D eigenvalue weighted by atomic mass is 10.1. The predicted octanol–water partition coefficient (Wildman–Crippen LogP) is 2.89. The highest BCUT2D eigenvalue weighted by atomic mass is 35.5. The monoisotopic (exact) mass is 386 g/mol. The molecule has 1 unspecified atom stereocenters. The molecule has 136 valence electrons. The number of benzene rings is 1. The molecule has 1 aliphatic rings. The zero-order valence-electron chi connectivity index (χ0n) is 13.1. The van der Waals surface area contributed by atoms with Gasteiger partial charge in [-0.15, -0.1) is 0 Å². The molecule has 1 fully saturated rings. The number of morpholine rings is 1. The molecule has 1 atom stereocenters. The Morgan fingerprint density at radius 1 is 1.29 bits per heavy atom. The molecule has 10 heteroatoms. The molecule has 1 aliphatic heterocycles. The Labute approximate surface area is 143 Å². The van der Waals surface area contributed by atoms with Crippen molar-refractivity contribution in [2.45, 2.75) is 31.7 Å². The maximum atomic E-state index is 13.4. The number of ether oxygens (including phenoxy) is 1. The molecule has 2 rings (SSSR count). The van der Waals surface area contributed by atoms with Crippen LogP contribution in [-0.4, -0.2) is 44.2 Å². The summed E-state index contributed by atoms with van der Waals surface area (Å²) < 4.78 is 73.0. The van der Waals surface area contributed by atoms with Crippen molar-refractivity contribution < 1.29 is 26.3 Å². The molecular weight excluding hydrogens is 369 g/mol. The summed E-state index contributed by atoms with van der Waals surface area (Å²) in [5, 5.41) is 0.262. The van der Waals surface area contributed by atoms with Gasteiger partial charge >= 0.3 is 6.18 Å². The average molecular weight is 387 g/mol. The molecule has 1 saturated heterocycles. The first-order valence-corrected chi connectivity index (χ1v) is 8.96. The van der Waals surface area contributed by atoms with E-state index >= 15 is 0 Å². The Balaban J connectivity index is 2.27. The van der Waals surface area contributed by atoms with Gasteiger partial charge in [-0.1, -0.05) is 23.7 Å². The molecule has 1 heterocycles. The van der Waals surface area contributed by atoms with Crippen molar-refractivity contribution in [1.29, 1.82) is 0 Å². The van der Waals surface area contributed by atoms with E-state index < -0.39 is 28.0 Å². The molecule has 0 amide bonds. The molecule has 5 nitrogen and oxygen atoms in total. The molecule has 1 N–H and O–H groups in total. The van der Waals surface area contributed by atoms with E-state index in [0.717, 1.165) is 16.4 Å². The third kappa shape index (κ3) is 4.82. The molecular formula is C14H18ClF3N2O3S. The third-order valence-corrected chi connectivity index (χ3v) is 5.31. The predicted molar refractivity (Wildman–Crippen MR) is 83.9 cm³/mol. The van der Waals surface area contributed by atoms with Gasteiger partial charge in [-0.25, -0.2) is 0 Å². The van der Waals surface area contributed by atoms with Gasteiger partial charge in [0.15, 0.2) is 0 Å². The van der Waals surface area contributed by atoms with Crippen LogP contribution in [0, 0.1) is 0 Å². The number of alkyl halides is 3. The Kier molecular flexibility index (Phi) is 5.51. The molecule has 0 saturated carbocycles. The molecule has 0 aromatic heterocycles. The summed E-state index contributed by atoms with van der Waals surface area (Å²) >= 11 is 5.67. The van der Waals surface area contributed by atoms with Gasteiger partial charge in [0.2, 0.25) is 0 Å². The van der Waals surface area contributed by atoms with Gasteiger partial charge in [-0.3, -0.25) is 0 Å². The van der Waals surface area contributed by atoms with Crippen LogP contribution in [0.1, 0.15) is 25.5 Å². The Hall–Kier alpha value is -0.870. The van der Waals surface area contributed by atoms with E-state index in [9.17, 15) is 21.6 Å². The molecule has 0 radical (unpaired) electrons. The van der Waals surface area contributed by atoms with Gasteiger partial charge in [-0.05, 0) is 31.5 Å². The van der Waals surface area contributed by atoms with E-state index in [2.05, 4.69) is 0 Å². The van der Waals surface area contributed by atoms with Crippen LogP contribution in [0.2, 0.25) is 5.02 Å². The minimum absolute atomic E-state index is 0.00996. The van der Waals surface area contributed by atoms with E-state index in [1.54, 1.807) is 18.6 Å². The lowest BCUT2D eigenvalue weighted by molar-refractivity contribution is -0.153. The van der Waals surface area contributed by atoms with Gasteiger partial charge < -0.3 is 4.74 Å². The van der Waals surface area contributed by atoms with Crippen molar-refractivity contribution in [3.05, 3.63) is 34.9 Å². The third-order valence-electron chi connectivity index (χ3n) is 3.53.